The first-order valence-electron chi connectivity index (χ1n) is 5.67. The van der Waals surface area contributed by atoms with Gasteiger partial charge in [0.25, 0.3) is 0 Å². The van der Waals surface area contributed by atoms with Gasteiger partial charge in [-0.15, -0.1) is 11.6 Å². The molecule has 0 amide bonds. The van der Waals surface area contributed by atoms with Gasteiger partial charge in [0, 0.05) is 5.88 Å². The Morgan fingerprint density at radius 2 is 1.67 bits per heavy atom. The summed E-state index contributed by atoms with van der Waals surface area (Å²) in [6.07, 6.45) is 1.11. The first kappa shape index (κ1) is 12.6. The highest BCUT2D eigenvalue weighted by Gasteiger charge is 2.14. The molecule has 1 atom stereocenters. The van der Waals surface area contributed by atoms with Crippen LogP contribution < -0.4 is 0 Å². The van der Waals surface area contributed by atoms with E-state index < -0.39 is 0 Å². The molecule has 84 valence electrons. The topological polar surface area (TPSA) is 0 Å². The van der Waals surface area contributed by atoms with Crippen LogP contribution in [0, 0.1) is 25.7 Å². The molecule has 1 unspecified atom stereocenters. The van der Waals surface area contributed by atoms with E-state index in [1.54, 1.807) is 0 Å². The largest absolute Gasteiger partial charge is 0.126 e. The average Bonchev–Trinajstić information content (AvgIpc) is 2.17. The number of alkyl halides is 1. The second kappa shape index (κ2) is 5.55. The lowest BCUT2D eigenvalue weighted by Crippen LogP contribution is -2.15. The summed E-state index contributed by atoms with van der Waals surface area (Å²) in [4.78, 5) is 0. The van der Waals surface area contributed by atoms with E-state index in [2.05, 4.69) is 45.9 Å². The minimum absolute atomic E-state index is 0.589. The summed E-state index contributed by atoms with van der Waals surface area (Å²) in [5.41, 5.74) is 4.27. The fourth-order valence-corrected chi connectivity index (χ4v) is 2.37. The van der Waals surface area contributed by atoms with E-state index in [4.69, 9.17) is 11.6 Å². The van der Waals surface area contributed by atoms with Crippen LogP contribution in [-0.4, -0.2) is 5.88 Å². The monoisotopic (exact) mass is 224 g/mol. The lowest BCUT2D eigenvalue weighted by atomic mass is 9.87. The summed E-state index contributed by atoms with van der Waals surface area (Å²) in [6, 6.07) is 6.50. The van der Waals surface area contributed by atoms with Crippen LogP contribution in [0.15, 0.2) is 18.2 Å². The Kier molecular flexibility index (Phi) is 4.66. The van der Waals surface area contributed by atoms with Crippen molar-refractivity contribution in [2.24, 2.45) is 11.8 Å². The predicted octanol–water partition coefficient (Wildman–Crippen LogP) is 4.36. The van der Waals surface area contributed by atoms with Gasteiger partial charge in [-0.05, 0) is 48.8 Å². The van der Waals surface area contributed by atoms with Crippen molar-refractivity contribution in [3.63, 3.8) is 0 Å². The third kappa shape index (κ3) is 3.24. The average molecular weight is 225 g/mol. The summed E-state index contributed by atoms with van der Waals surface area (Å²) in [5, 5.41) is 0. The Morgan fingerprint density at radius 3 is 2.07 bits per heavy atom. The molecule has 1 aromatic carbocycles. The van der Waals surface area contributed by atoms with Crippen LogP contribution in [-0.2, 0) is 6.42 Å². The number of benzene rings is 1. The molecule has 0 N–H and O–H groups in total. The summed E-state index contributed by atoms with van der Waals surface area (Å²) in [7, 11) is 0. The minimum atomic E-state index is 0.589. The van der Waals surface area contributed by atoms with Gasteiger partial charge >= 0.3 is 0 Å². The highest BCUT2D eigenvalue weighted by molar-refractivity contribution is 6.18. The fraction of sp³-hybridized carbons (Fsp3) is 0.571. The van der Waals surface area contributed by atoms with E-state index in [-0.39, 0.29) is 0 Å². The molecule has 0 nitrogen and oxygen atoms in total. The van der Waals surface area contributed by atoms with Gasteiger partial charge in [0.15, 0.2) is 0 Å². The molecule has 0 aliphatic heterocycles. The number of rotatable bonds is 4. The van der Waals surface area contributed by atoms with E-state index in [1.165, 1.54) is 16.7 Å². The second-order valence-corrected chi connectivity index (χ2v) is 5.04. The summed E-state index contributed by atoms with van der Waals surface area (Å²) >= 11 is 6.02. The van der Waals surface area contributed by atoms with Crippen LogP contribution in [0.5, 0.6) is 0 Å². The Bertz CT molecular complexity index is 295. The Hall–Kier alpha value is -0.490. The van der Waals surface area contributed by atoms with E-state index in [0.29, 0.717) is 11.8 Å². The number of aryl methyl sites for hydroxylation is 2. The third-order valence-corrected chi connectivity index (χ3v) is 3.65. The molecule has 0 aromatic heterocycles. The van der Waals surface area contributed by atoms with E-state index in [0.717, 1.165) is 12.3 Å². The van der Waals surface area contributed by atoms with Crippen molar-refractivity contribution in [3.05, 3.63) is 34.9 Å². The van der Waals surface area contributed by atoms with Gasteiger partial charge in [0.2, 0.25) is 0 Å². The van der Waals surface area contributed by atoms with Gasteiger partial charge in [-0.25, -0.2) is 0 Å². The summed E-state index contributed by atoms with van der Waals surface area (Å²) in [6.45, 7) is 8.88. The zero-order chi connectivity index (χ0) is 11.4. The molecule has 0 radical (unpaired) electrons. The number of halogens is 1. The smallest absolute Gasteiger partial charge is 0.0257 e. The van der Waals surface area contributed by atoms with E-state index in [1.807, 2.05) is 0 Å². The Balaban J connectivity index is 2.87. The lowest BCUT2D eigenvalue weighted by Gasteiger charge is -2.20. The van der Waals surface area contributed by atoms with Crippen molar-refractivity contribution in [2.75, 3.05) is 5.88 Å². The molecule has 0 bridgehead atoms. The van der Waals surface area contributed by atoms with Gasteiger partial charge in [-0.3, -0.25) is 0 Å². The number of hydrogen-bond acceptors (Lipinski definition) is 0. The molecule has 0 aliphatic rings. The van der Waals surface area contributed by atoms with Gasteiger partial charge < -0.3 is 0 Å². The zero-order valence-electron chi connectivity index (χ0n) is 10.2. The molecule has 1 aromatic rings. The Morgan fingerprint density at radius 1 is 1.13 bits per heavy atom. The fourth-order valence-electron chi connectivity index (χ4n) is 1.90. The van der Waals surface area contributed by atoms with Crippen LogP contribution in [0.25, 0.3) is 0 Å². The SMILES string of the molecule is Cc1cccc(C)c1CC(CCl)C(C)C. The van der Waals surface area contributed by atoms with Crippen LogP contribution in [0.3, 0.4) is 0 Å². The van der Waals surface area contributed by atoms with Gasteiger partial charge in [0.05, 0.1) is 0 Å². The maximum Gasteiger partial charge on any atom is 0.0257 e. The van der Waals surface area contributed by atoms with Crippen LogP contribution in [0.2, 0.25) is 0 Å². The maximum atomic E-state index is 6.02. The first-order valence-corrected chi connectivity index (χ1v) is 6.20. The molecular weight excluding hydrogens is 204 g/mol. The van der Waals surface area contributed by atoms with Gasteiger partial charge in [-0.1, -0.05) is 32.0 Å². The predicted molar refractivity (Wildman–Crippen MR) is 68.7 cm³/mol. The molecule has 0 saturated heterocycles. The minimum Gasteiger partial charge on any atom is -0.126 e. The third-order valence-electron chi connectivity index (χ3n) is 3.25. The molecule has 0 saturated carbocycles. The zero-order valence-corrected chi connectivity index (χ0v) is 10.9. The molecule has 1 heteroatoms. The summed E-state index contributed by atoms with van der Waals surface area (Å²) < 4.78 is 0. The van der Waals surface area contributed by atoms with Crippen LogP contribution in [0.4, 0.5) is 0 Å². The van der Waals surface area contributed by atoms with Crippen molar-refractivity contribution < 1.29 is 0 Å². The van der Waals surface area contributed by atoms with Crippen molar-refractivity contribution in [2.45, 2.75) is 34.1 Å². The maximum absolute atomic E-state index is 6.02. The van der Waals surface area contributed by atoms with Crippen molar-refractivity contribution in [3.8, 4) is 0 Å². The Labute approximate surface area is 98.7 Å². The molecule has 0 spiro atoms. The van der Waals surface area contributed by atoms with Gasteiger partial charge in [0.1, 0.15) is 0 Å². The van der Waals surface area contributed by atoms with Crippen molar-refractivity contribution in [1.82, 2.24) is 0 Å². The summed E-state index contributed by atoms with van der Waals surface area (Å²) in [5.74, 6) is 2.00. The van der Waals surface area contributed by atoms with Crippen molar-refractivity contribution >= 4 is 11.6 Å². The molecule has 0 fully saturated rings. The van der Waals surface area contributed by atoms with Gasteiger partial charge in [-0.2, -0.15) is 0 Å². The molecule has 0 heterocycles. The molecule has 1 rings (SSSR count). The van der Waals surface area contributed by atoms with Crippen molar-refractivity contribution in [1.29, 1.82) is 0 Å². The normalized spacial score (nSPS) is 13.2. The molecule has 0 aliphatic carbocycles. The van der Waals surface area contributed by atoms with Crippen LogP contribution >= 0.6 is 11.6 Å². The highest BCUT2D eigenvalue weighted by atomic mass is 35.5. The quantitative estimate of drug-likeness (QED) is 0.667. The van der Waals surface area contributed by atoms with E-state index in [9.17, 15) is 0 Å². The molecule has 15 heavy (non-hydrogen) atoms. The second-order valence-electron chi connectivity index (χ2n) is 4.73. The lowest BCUT2D eigenvalue weighted by molar-refractivity contribution is 0.421. The van der Waals surface area contributed by atoms with Crippen LogP contribution in [0.1, 0.15) is 30.5 Å². The van der Waals surface area contributed by atoms with E-state index >= 15 is 0 Å². The number of hydrogen-bond donors (Lipinski definition) is 0. The molecular formula is C14H21Cl. The first-order chi connectivity index (χ1) is 7.06. The standard InChI is InChI=1S/C14H21Cl/c1-10(2)13(9-15)8-14-11(3)6-5-7-12(14)4/h5-7,10,13H,8-9H2,1-4H3. The highest BCUT2D eigenvalue weighted by Crippen LogP contribution is 2.23.